The molecule has 0 aromatic rings. The summed E-state index contributed by atoms with van der Waals surface area (Å²) in [6.45, 7) is 5.71. The number of hydrogen-bond acceptors (Lipinski definition) is 4. The first-order valence-corrected chi connectivity index (χ1v) is 8.54. The van der Waals surface area contributed by atoms with E-state index in [9.17, 15) is 4.79 Å². The van der Waals surface area contributed by atoms with Crippen LogP contribution in [0.15, 0.2) is 0 Å². The summed E-state index contributed by atoms with van der Waals surface area (Å²) in [5.41, 5.74) is 0.250. The highest BCUT2D eigenvalue weighted by Crippen LogP contribution is 2.40. The first-order valence-electron chi connectivity index (χ1n) is 8.54. The lowest BCUT2D eigenvalue weighted by molar-refractivity contribution is -0.141. The summed E-state index contributed by atoms with van der Waals surface area (Å²) in [7, 11) is 0. The highest BCUT2D eigenvalue weighted by atomic mass is 16.5. The third kappa shape index (κ3) is 2.49. The van der Waals surface area contributed by atoms with Crippen molar-refractivity contribution in [2.45, 2.75) is 56.3 Å². The summed E-state index contributed by atoms with van der Waals surface area (Å²) in [5.74, 6) is 0.230. The molecule has 0 N–H and O–H groups in total. The van der Waals surface area contributed by atoms with Gasteiger partial charge in [0.1, 0.15) is 6.10 Å². The Morgan fingerprint density at radius 1 is 1.10 bits per heavy atom. The molecule has 5 nitrogen and oxygen atoms in total. The van der Waals surface area contributed by atoms with Crippen LogP contribution < -0.4 is 0 Å². The van der Waals surface area contributed by atoms with Gasteiger partial charge in [-0.05, 0) is 38.5 Å². The molecule has 0 bridgehead atoms. The van der Waals surface area contributed by atoms with Crippen molar-refractivity contribution in [3.63, 3.8) is 0 Å². The van der Waals surface area contributed by atoms with E-state index in [2.05, 4.69) is 9.80 Å². The standard InChI is InChI=1S/C16H26N2O3/c19-15(14-4-2-10-21-14)17-7-5-16(12-17)6-8-18(16)11-13-3-1-9-20-13/h13-14H,1-12H2. The Morgan fingerprint density at radius 2 is 1.90 bits per heavy atom. The van der Waals surface area contributed by atoms with Crippen molar-refractivity contribution in [2.24, 2.45) is 0 Å². The third-order valence-electron chi connectivity index (χ3n) is 5.81. The highest BCUT2D eigenvalue weighted by Gasteiger charge is 2.51. The molecule has 118 valence electrons. The molecule has 0 saturated carbocycles. The fourth-order valence-electron chi connectivity index (χ4n) is 4.39. The summed E-state index contributed by atoms with van der Waals surface area (Å²) >= 11 is 0. The van der Waals surface area contributed by atoms with Gasteiger partial charge in [0.05, 0.1) is 6.10 Å². The summed E-state index contributed by atoms with van der Waals surface area (Å²) < 4.78 is 11.3. The third-order valence-corrected chi connectivity index (χ3v) is 5.81. The quantitative estimate of drug-likeness (QED) is 0.779. The number of carbonyl (C=O) groups excluding carboxylic acids is 1. The molecule has 4 fully saturated rings. The van der Waals surface area contributed by atoms with Gasteiger partial charge in [0, 0.05) is 44.9 Å². The molecule has 0 aliphatic carbocycles. The molecular weight excluding hydrogens is 268 g/mol. The van der Waals surface area contributed by atoms with E-state index in [0.717, 1.165) is 52.1 Å². The van der Waals surface area contributed by atoms with Gasteiger partial charge < -0.3 is 14.4 Å². The minimum absolute atomic E-state index is 0.160. The van der Waals surface area contributed by atoms with Crippen LogP contribution in [0.5, 0.6) is 0 Å². The summed E-state index contributed by atoms with van der Waals surface area (Å²) in [5, 5.41) is 0. The molecule has 1 amide bonds. The molecule has 4 rings (SSSR count). The second-order valence-corrected chi connectivity index (χ2v) is 7.07. The van der Waals surface area contributed by atoms with Crippen molar-refractivity contribution < 1.29 is 14.3 Å². The average molecular weight is 294 g/mol. The number of amides is 1. The van der Waals surface area contributed by atoms with Gasteiger partial charge >= 0.3 is 0 Å². The zero-order valence-electron chi connectivity index (χ0n) is 12.8. The number of ether oxygens (including phenoxy) is 2. The lowest BCUT2D eigenvalue weighted by Gasteiger charge is -2.51. The van der Waals surface area contributed by atoms with Crippen LogP contribution in [-0.4, -0.2) is 72.8 Å². The van der Waals surface area contributed by atoms with Gasteiger partial charge in [0.25, 0.3) is 5.91 Å². The van der Waals surface area contributed by atoms with Crippen molar-refractivity contribution in [3.05, 3.63) is 0 Å². The maximum atomic E-state index is 12.5. The first kappa shape index (κ1) is 14.0. The number of hydrogen-bond donors (Lipinski definition) is 0. The molecule has 5 heteroatoms. The van der Waals surface area contributed by atoms with Crippen LogP contribution in [0, 0.1) is 0 Å². The molecule has 21 heavy (non-hydrogen) atoms. The van der Waals surface area contributed by atoms with E-state index in [4.69, 9.17) is 9.47 Å². The molecule has 4 heterocycles. The minimum Gasteiger partial charge on any atom is -0.377 e. The van der Waals surface area contributed by atoms with Crippen molar-refractivity contribution >= 4 is 5.91 Å². The average Bonchev–Trinajstić information content (AvgIpc) is 3.24. The zero-order chi connectivity index (χ0) is 14.3. The molecule has 4 aliphatic heterocycles. The minimum atomic E-state index is -0.160. The van der Waals surface area contributed by atoms with Crippen LogP contribution in [0.2, 0.25) is 0 Å². The molecule has 0 aromatic carbocycles. The molecular formula is C16H26N2O3. The maximum absolute atomic E-state index is 12.5. The van der Waals surface area contributed by atoms with Crippen LogP contribution in [0.1, 0.15) is 38.5 Å². The van der Waals surface area contributed by atoms with Crippen LogP contribution in [0.4, 0.5) is 0 Å². The van der Waals surface area contributed by atoms with Crippen molar-refractivity contribution in [1.29, 1.82) is 0 Å². The zero-order valence-corrected chi connectivity index (χ0v) is 12.8. The lowest BCUT2D eigenvalue weighted by Crippen LogP contribution is -2.63. The Balaban J connectivity index is 1.35. The van der Waals surface area contributed by atoms with E-state index in [1.54, 1.807) is 0 Å². The fourth-order valence-corrected chi connectivity index (χ4v) is 4.39. The van der Waals surface area contributed by atoms with E-state index in [-0.39, 0.29) is 17.6 Å². The predicted molar refractivity (Wildman–Crippen MR) is 78.1 cm³/mol. The number of carbonyl (C=O) groups is 1. The van der Waals surface area contributed by atoms with E-state index in [1.807, 2.05) is 0 Å². The molecule has 3 unspecified atom stereocenters. The van der Waals surface area contributed by atoms with E-state index < -0.39 is 0 Å². The lowest BCUT2D eigenvalue weighted by atomic mass is 9.83. The topological polar surface area (TPSA) is 42.0 Å². The van der Waals surface area contributed by atoms with Crippen molar-refractivity contribution in [1.82, 2.24) is 9.80 Å². The molecule has 3 atom stereocenters. The summed E-state index contributed by atoms with van der Waals surface area (Å²) in [6.07, 6.45) is 6.95. The molecule has 0 radical (unpaired) electrons. The van der Waals surface area contributed by atoms with Gasteiger partial charge in [-0.3, -0.25) is 9.69 Å². The van der Waals surface area contributed by atoms with Gasteiger partial charge in [0.15, 0.2) is 0 Å². The Morgan fingerprint density at radius 3 is 2.57 bits per heavy atom. The number of likely N-dealkylation sites (tertiary alicyclic amines) is 2. The smallest absolute Gasteiger partial charge is 0.251 e. The van der Waals surface area contributed by atoms with Crippen molar-refractivity contribution in [2.75, 3.05) is 39.4 Å². The van der Waals surface area contributed by atoms with Crippen LogP contribution in [0.25, 0.3) is 0 Å². The fraction of sp³-hybridized carbons (Fsp3) is 0.938. The number of rotatable bonds is 3. The van der Waals surface area contributed by atoms with Gasteiger partial charge in [-0.1, -0.05) is 0 Å². The largest absolute Gasteiger partial charge is 0.377 e. The molecule has 4 aliphatic rings. The van der Waals surface area contributed by atoms with Gasteiger partial charge in [0.2, 0.25) is 0 Å². The van der Waals surface area contributed by atoms with Gasteiger partial charge in [-0.2, -0.15) is 0 Å². The first-order chi connectivity index (χ1) is 10.3. The summed E-state index contributed by atoms with van der Waals surface area (Å²) in [4.78, 5) is 17.1. The van der Waals surface area contributed by atoms with Crippen LogP contribution in [0.3, 0.4) is 0 Å². The Kier molecular flexibility index (Phi) is 3.67. The predicted octanol–water partition coefficient (Wildman–Crippen LogP) is 1.02. The highest BCUT2D eigenvalue weighted by molar-refractivity contribution is 5.81. The van der Waals surface area contributed by atoms with E-state index in [0.29, 0.717) is 6.10 Å². The molecule has 1 spiro atoms. The van der Waals surface area contributed by atoms with Crippen molar-refractivity contribution in [3.8, 4) is 0 Å². The second-order valence-electron chi connectivity index (χ2n) is 7.07. The monoisotopic (exact) mass is 294 g/mol. The second kappa shape index (κ2) is 5.52. The molecule has 4 saturated heterocycles. The number of nitrogens with zero attached hydrogens (tertiary/aromatic N) is 2. The van der Waals surface area contributed by atoms with Gasteiger partial charge in [-0.15, -0.1) is 0 Å². The Hall–Kier alpha value is -0.650. The molecule has 0 aromatic heterocycles. The normalized spacial score (nSPS) is 40.1. The SMILES string of the molecule is O=C(C1CCCO1)N1CCC2(CCN2CC2CCCO2)C1. The van der Waals surface area contributed by atoms with E-state index >= 15 is 0 Å². The Bertz CT molecular complexity index is 404. The van der Waals surface area contributed by atoms with Crippen LogP contribution in [-0.2, 0) is 14.3 Å². The van der Waals surface area contributed by atoms with Crippen LogP contribution >= 0.6 is 0 Å². The Labute approximate surface area is 126 Å². The summed E-state index contributed by atoms with van der Waals surface area (Å²) in [6, 6.07) is 0. The maximum Gasteiger partial charge on any atom is 0.251 e. The van der Waals surface area contributed by atoms with Gasteiger partial charge in [-0.25, -0.2) is 0 Å². The van der Waals surface area contributed by atoms with E-state index in [1.165, 1.54) is 25.8 Å².